The van der Waals surface area contributed by atoms with Gasteiger partial charge in [-0.2, -0.15) is 10.1 Å². The first-order valence-corrected chi connectivity index (χ1v) is 10.8. The first-order chi connectivity index (χ1) is 15.1. The first-order valence-electron chi connectivity index (χ1n) is 10.8. The Bertz CT molecular complexity index is 961. The van der Waals surface area contributed by atoms with Gasteiger partial charge in [0.1, 0.15) is 0 Å². The molecule has 2 aromatic carbocycles. The van der Waals surface area contributed by atoms with Crippen molar-refractivity contribution in [1.82, 2.24) is 0 Å². The number of amides is 1. The molecule has 0 fully saturated rings. The fraction of sp³-hybridized carbons (Fsp3) is 0.320. The summed E-state index contributed by atoms with van der Waals surface area (Å²) in [7, 11) is 0. The van der Waals surface area contributed by atoms with Crippen molar-refractivity contribution in [1.29, 1.82) is 0 Å². The number of unbranched alkanes of at least 4 members (excludes halogenated alkanes) is 1. The van der Waals surface area contributed by atoms with Crippen LogP contribution in [0.25, 0.3) is 6.08 Å². The summed E-state index contributed by atoms with van der Waals surface area (Å²) in [4.78, 5) is 28.1. The van der Waals surface area contributed by atoms with E-state index in [0.29, 0.717) is 12.3 Å². The van der Waals surface area contributed by atoms with E-state index in [0.717, 1.165) is 37.2 Å². The number of benzene rings is 2. The molecule has 3 rings (SSSR count). The van der Waals surface area contributed by atoms with Crippen LogP contribution >= 0.6 is 0 Å². The highest BCUT2D eigenvalue weighted by Gasteiger charge is 2.36. The monoisotopic (exact) mass is 419 g/mol. The topological polar surface area (TPSA) is 62.2 Å². The molecule has 2 aromatic rings. The Labute approximate surface area is 183 Å². The van der Waals surface area contributed by atoms with E-state index < -0.39 is 5.97 Å². The van der Waals surface area contributed by atoms with Crippen molar-refractivity contribution in [2.75, 3.05) is 29.6 Å². The lowest BCUT2D eigenvalue weighted by Crippen LogP contribution is -2.23. The van der Waals surface area contributed by atoms with Crippen LogP contribution in [0.2, 0.25) is 0 Å². The highest BCUT2D eigenvalue weighted by Crippen LogP contribution is 2.26. The van der Waals surface area contributed by atoms with Gasteiger partial charge < -0.3 is 9.64 Å². The predicted octanol–water partition coefficient (Wildman–Crippen LogP) is 4.66. The van der Waals surface area contributed by atoms with E-state index in [2.05, 4.69) is 23.8 Å². The van der Waals surface area contributed by atoms with Crippen molar-refractivity contribution in [2.24, 2.45) is 5.10 Å². The molecular formula is C25H29N3O3. The Hall–Kier alpha value is -3.41. The van der Waals surface area contributed by atoms with Crippen molar-refractivity contribution < 1.29 is 14.3 Å². The largest absolute Gasteiger partial charge is 0.461 e. The average molecular weight is 420 g/mol. The summed E-state index contributed by atoms with van der Waals surface area (Å²) in [6.45, 7) is 8.39. The van der Waals surface area contributed by atoms with Crippen molar-refractivity contribution in [3.8, 4) is 0 Å². The molecule has 1 heterocycles. The third-order valence-corrected chi connectivity index (χ3v) is 5.14. The summed E-state index contributed by atoms with van der Waals surface area (Å²) < 4.78 is 5.35. The molecule has 6 heteroatoms. The SMILES string of the molecule is CCCCOC(=O)C1=NN(c2ccccc2)C(=O)/C1=C\c1ccc(N(CC)CC)cc1. The second-order valence-corrected chi connectivity index (χ2v) is 7.21. The van der Waals surface area contributed by atoms with Gasteiger partial charge in [-0.15, -0.1) is 0 Å². The minimum atomic E-state index is -0.578. The van der Waals surface area contributed by atoms with Gasteiger partial charge in [-0.05, 0) is 56.2 Å². The molecule has 0 aromatic heterocycles. The predicted molar refractivity (Wildman–Crippen MR) is 125 cm³/mol. The second-order valence-electron chi connectivity index (χ2n) is 7.21. The van der Waals surface area contributed by atoms with E-state index in [1.54, 1.807) is 18.2 Å². The van der Waals surface area contributed by atoms with Crippen molar-refractivity contribution in [3.05, 3.63) is 65.7 Å². The van der Waals surface area contributed by atoms with Gasteiger partial charge in [0.15, 0.2) is 5.71 Å². The molecule has 0 aliphatic carbocycles. The molecule has 1 aliphatic heterocycles. The van der Waals surface area contributed by atoms with Crippen LogP contribution in [0.5, 0.6) is 0 Å². The summed E-state index contributed by atoms with van der Waals surface area (Å²) in [6, 6.07) is 17.0. The maximum atomic E-state index is 13.2. The Morgan fingerprint density at radius 2 is 1.71 bits per heavy atom. The standard InChI is InChI=1S/C25H29N3O3/c1-4-7-17-31-25(30)23-22(24(29)28(26-23)21-11-9-8-10-12-21)18-19-13-15-20(16-14-19)27(5-2)6-3/h8-16,18H,4-7,17H2,1-3H3/b22-18-. The molecule has 1 aliphatic rings. The molecule has 0 bridgehead atoms. The Balaban J connectivity index is 1.92. The molecule has 0 saturated carbocycles. The lowest BCUT2D eigenvalue weighted by atomic mass is 10.1. The number of nitrogens with zero attached hydrogens (tertiary/aromatic N) is 3. The van der Waals surface area contributed by atoms with Crippen LogP contribution in [-0.4, -0.2) is 37.3 Å². The van der Waals surface area contributed by atoms with E-state index >= 15 is 0 Å². The van der Waals surface area contributed by atoms with E-state index in [9.17, 15) is 9.59 Å². The Kier molecular flexibility index (Phi) is 7.60. The summed E-state index contributed by atoms with van der Waals surface area (Å²) in [5.74, 6) is -0.923. The average Bonchev–Trinajstić information content (AvgIpc) is 3.12. The fourth-order valence-electron chi connectivity index (χ4n) is 3.35. The summed E-state index contributed by atoms with van der Waals surface area (Å²) in [6.07, 6.45) is 3.38. The van der Waals surface area contributed by atoms with Crippen LogP contribution in [-0.2, 0) is 14.3 Å². The first kappa shape index (κ1) is 22.3. The van der Waals surface area contributed by atoms with Gasteiger partial charge in [0.25, 0.3) is 5.91 Å². The van der Waals surface area contributed by atoms with Crippen LogP contribution < -0.4 is 9.91 Å². The number of hydrazone groups is 1. The number of hydrogen-bond donors (Lipinski definition) is 0. The van der Waals surface area contributed by atoms with Gasteiger partial charge in [-0.3, -0.25) is 4.79 Å². The molecule has 31 heavy (non-hydrogen) atoms. The van der Waals surface area contributed by atoms with Crippen LogP contribution in [0.4, 0.5) is 11.4 Å². The summed E-state index contributed by atoms with van der Waals surface area (Å²) in [5.41, 5.74) is 2.82. The Morgan fingerprint density at radius 1 is 1.03 bits per heavy atom. The molecular weight excluding hydrogens is 390 g/mol. The van der Waals surface area contributed by atoms with Crippen molar-refractivity contribution in [3.63, 3.8) is 0 Å². The highest BCUT2D eigenvalue weighted by molar-refractivity contribution is 6.54. The van der Waals surface area contributed by atoms with E-state index in [-0.39, 0.29) is 17.2 Å². The molecule has 6 nitrogen and oxygen atoms in total. The second kappa shape index (κ2) is 10.6. The lowest BCUT2D eigenvalue weighted by molar-refractivity contribution is -0.135. The summed E-state index contributed by atoms with van der Waals surface area (Å²) >= 11 is 0. The fourth-order valence-corrected chi connectivity index (χ4v) is 3.35. The third kappa shape index (κ3) is 5.20. The minimum absolute atomic E-state index is 0.0396. The third-order valence-electron chi connectivity index (χ3n) is 5.14. The normalized spacial score (nSPS) is 14.7. The van der Waals surface area contributed by atoms with E-state index in [1.165, 1.54) is 5.01 Å². The van der Waals surface area contributed by atoms with Gasteiger partial charge in [0.2, 0.25) is 0 Å². The number of carbonyl (C=O) groups excluding carboxylic acids is 2. The van der Waals surface area contributed by atoms with Crippen LogP contribution in [0.1, 0.15) is 39.2 Å². The van der Waals surface area contributed by atoms with Gasteiger partial charge in [-0.1, -0.05) is 43.7 Å². The van der Waals surface area contributed by atoms with Gasteiger partial charge in [0, 0.05) is 18.8 Å². The zero-order valence-electron chi connectivity index (χ0n) is 18.4. The molecule has 0 radical (unpaired) electrons. The Morgan fingerprint density at radius 3 is 2.32 bits per heavy atom. The molecule has 0 spiro atoms. The lowest BCUT2D eigenvalue weighted by Gasteiger charge is -2.20. The van der Waals surface area contributed by atoms with Crippen LogP contribution in [0.3, 0.4) is 0 Å². The maximum Gasteiger partial charge on any atom is 0.359 e. The number of esters is 1. The van der Waals surface area contributed by atoms with Crippen LogP contribution in [0.15, 0.2) is 65.3 Å². The molecule has 0 atom stereocenters. The van der Waals surface area contributed by atoms with Gasteiger partial charge in [-0.25, -0.2) is 4.79 Å². The van der Waals surface area contributed by atoms with Gasteiger partial charge in [0.05, 0.1) is 17.9 Å². The van der Waals surface area contributed by atoms with Crippen molar-refractivity contribution >= 4 is 35.0 Å². The van der Waals surface area contributed by atoms with Crippen LogP contribution in [0, 0.1) is 0 Å². The zero-order valence-corrected chi connectivity index (χ0v) is 18.4. The molecule has 0 unspecified atom stereocenters. The van der Waals surface area contributed by atoms with E-state index in [4.69, 9.17) is 4.74 Å². The quantitative estimate of drug-likeness (QED) is 0.337. The smallest absolute Gasteiger partial charge is 0.359 e. The highest BCUT2D eigenvalue weighted by atomic mass is 16.5. The number of hydrogen-bond acceptors (Lipinski definition) is 5. The molecule has 0 N–H and O–H groups in total. The minimum Gasteiger partial charge on any atom is -0.461 e. The molecule has 1 amide bonds. The molecule has 162 valence electrons. The number of ether oxygens (including phenoxy) is 1. The van der Waals surface area contributed by atoms with Gasteiger partial charge >= 0.3 is 5.97 Å². The zero-order chi connectivity index (χ0) is 22.2. The summed E-state index contributed by atoms with van der Waals surface area (Å²) in [5, 5.41) is 5.57. The maximum absolute atomic E-state index is 13.2. The van der Waals surface area contributed by atoms with Crippen molar-refractivity contribution in [2.45, 2.75) is 33.6 Å². The number of carbonyl (C=O) groups is 2. The van der Waals surface area contributed by atoms with E-state index in [1.807, 2.05) is 49.4 Å². The number of rotatable bonds is 9. The number of anilines is 2. The molecule has 0 saturated heterocycles. The number of para-hydroxylation sites is 1.